The summed E-state index contributed by atoms with van der Waals surface area (Å²) in [5, 5.41) is 3.38. The van der Waals surface area contributed by atoms with Gasteiger partial charge in [-0.3, -0.25) is 4.79 Å². The van der Waals surface area contributed by atoms with Gasteiger partial charge in [-0.05, 0) is 68.2 Å². The highest BCUT2D eigenvalue weighted by molar-refractivity contribution is 6.07. The Morgan fingerprint density at radius 1 is 1.15 bits per heavy atom. The minimum atomic E-state index is -0.363. The summed E-state index contributed by atoms with van der Waals surface area (Å²) in [5.74, 6) is -0.00754. The van der Waals surface area contributed by atoms with Crippen molar-refractivity contribution in [1.29, 1.82) is 0 Å². The van der Waals surface area contributed by atoms with Crippen molar-refractivity contribution >= 4 is 24.0 Å². The Balaban J connectivity index is 0.00000196. The second-order valence-electron chi connectivity index (χ2n) is 6.69. The molecular weight excluding hydrogens is 355 g/mol. The number of amides is 1. The van der Waals surface area contributed by atoms with E-state index >= 15 is 0 Å². The van der Waals surface area contributed by atoms with Crippen molar-refractivity contribution in [3.63, 3.8) is 0 Å². The number of anilines is 1. The largest absolute Gasteiger partial charge is 0.487 e. The maximum absolute atomic E-state index is 13.5. The third kappa shape index (κ3) is 3.55. The lowest BCUT2D eigenvalue weighted by atomic mass is 9.99. The van der Waals surface area contributed by atoms with Crippen molar-refractivity contribution in [2.24, 2.45) is 0 Å². The highest BCUT2D eigenvalue weighted by atomic mass is 35.5. The number of carbonyl (C=O) groups is 1. The van der Waals surface area contributed by atoms with Gasteiger partial charge < -0.3 is 15.0 Å². The fourth-order valence-electron chi connectivity index (χ4n) is 3.57. The fraction of sp³-hybridized carbons (Fsp3) is 0.350. The van der Waals surface area contributed by atoms with E-state index in [0.717, 1.165) is 25.9 Å². The Morgan fingerprint density at radius 2 is 1.92 bits per heavy atom. The van der Waals surface area contributed by atoms with Gasteiger partial charge in [-0.15, -0.1) is 12.4 Å². The predicted octanol–water partition coefficient (Wildman–Crippen LogP) is 3.36. The molecule has 2 aromatic carbocycles. The number of benzene rings is 2. The summed E-state index contributed by atoms with van der Waals surface area (Å²) in [4.78, 5) is 14.8. The maximum atomic E-state index is 13.5. The molecule has 1 amide bonds. The molecule has 0 radical (unpaired) electrons. The van der Waals surface area contributed by atoms with Gasteiger partial charge in [0.1, 0.15) is 17.7 Å². The van der Waals surface area contributed by atoms with E-state index in [-0.39, 0.29) is 30.2 Å². The van der Waals surface area contributed by atoms with Gasteiger partial charge in [-0.25, -0.2) is 4.39 Å². The number of carbonyl (C=O) groups excluding carboxylic acids is 1. The summed E-state index contributed by atoms with van der Waals surface area (Å²) in [5.41, 5.74) is 3.84. The van der Waals surface area contributed by atoms with Crippen LogP contribution in [0.15, 0.2) is 36.4 Å². The monoisotopic (exact) mass is 376 g/mol. The van der Waals surface area contributed by atoms with E-state index in [2.05, 4.69) is 11.4 Å². The lowest BCUT2D eigenvalue weighted by molar-refractivity contribution is 0.0960. The Labute approximate surface area is 158 Å². The molecule has 0 saturated carbocycles. The first-order valence-electron chi connectivity index (χ1n) is 8.72. The van der Waals surface area contributed by atoms with Crippen LogP contribution in [-0.4, -0.2) is 31.6 Å². The molecule has 2 heterocycles. The Hall–Kier alpha value is -2.11. The highest BCUT2D eigenvalue weighted by Crippen LogP contribution is 2.35. The van der Waals surface area contributed by atoms with Crippen molar-refractivity contribution in [1.82, 2.24) is 5.32 Å². The molecule has 138 valence electrons. The number of fused-ring (bicyclic) bond motifs is 2. The number of halogens is 2. The minimum absolute atomic E-state index is 0. The van der Waals surface area contributed by atoms with Crippen molar-refractivity contribution in [3.05, 3.63) is 58.9 Å². The van der Waals surface area contributed by atoms with Gasteiger partial charge in [0.2, 0.25) is 0 Å². The van der Waals surface area contributed by atoms with Gasteiger partial charge in [0.05, 0.1) is 12.2 Å². The van der Waals surface area contributed by atoms with Gasteiger partial charge in [0.15, 0.2) is 0 Å². The van der Waals surface area contributed by atoms with Crippen LogP contribution in [0.3, 0.4) is 0 Å². The number of nitrogens with zero attached hydrogens (tertiary/aromatic N) is 1. The molecule has 0 aliphatic carbocycles. The first-order valence-corrected chi connectivity index (χ1v) is 8.72. The quantitative estimate of drug-likeness (QED) is 0.829. The lowest BCUT2D eigenvalue weighted by Gasteiger charge is -2.33. The van der Waals surface area contributed by atoms with E-state index in [0.29, 0.717) is 23.5 Å². The van der Waals surface area contributed by atoms with E-state index in [9.17, 15) is 9.18 Å². The van der Waals surface area contributed by atoms with Gasteiger partial charge in [-0.1, -0.05) is 6.07 Å². The number of hydrogen-bond acceptors (Lipinski definition) is 3. The molecule has 2 aliphatic rings. The van der Waals surface area contributed by atoms with E-state index in [1.807, 2.05) is 19.1 Å². The van der Waals surface area contributed by atoms with Crippen molar-refractivity contribution in [2.75, 3.05) is 24.5 Å². The van der Waals surface area contributed by atoms with Crippen LogP contribution in [0.5, 0.6) is 5.75 Å². The van der Waals surface area contributed by atoms with Crippen LogP contribution < -0.4 is 15.0 Å². The van der Waals surface area contributed by atoms with Crippen LogP contribution in [-0.2, 0) is 12.8 Å². The second kappa shape index (κ2) is 7.64. The van der Waals surface area contributed by atoms with Crippen LogP contribution in [0.2, 0.25) is 0 Å². The minimum Gasteiger partial charge on any atom is -0.487 e. The number of hydrogen-bond donors (Lipinski definition) is 1. The summed E-state index contributed by atoms with van der Waals surface area (Å²) in [6.45, 7) is 4.24. The molecule has 1 unspecified atom stereocenters. The zero-order chi connectivity index (χ0) is 17.4. The average molecular weight is 377 g/mol. The molecule has 0 fully saturated rings. The number of nitrogens with one attached hydrogen (secondary N) is 1. The summed E-state index contributed by atoms with van der Waals surface area (Å²) in [6.07, 6.45) is 1.74. The summed E-state index contributed by atoms with van der Waals surface area (Å²) in [7, 11) is 0. The van der Waals surface area contributed by atoms with E-state index in [4.69, 9.17) is 4.74 Å². The highest BCUT2D eigenvalue weighted by Gasteiger charge is 2.29. The maximum Gasteiger partial charge on any atom is 0.258 e. The van der Waals surface area contributed by atoms with Crippen molar-refractivity contribution < 1.29 is 13.9 Å². The summed E-state index contributed by atoms with van der Waals surface area (Å²) >= 11 is 0. The molecule has 6 heteroatoms. The number of ether oxygens (including phenoxy) is 1. The molecule has 1 N–H and O–H groups in total. The first-order chi connectivity index (χ1) is 12.1. The van der Waals surface area contributed by atoms with Crippen LogP contribution in [0.1, 0.15) is 28.4 Å². The third-order valence-corrected chi connectivity index (χ3v) is 4.82. The Kier molecular flexibility index (Phi) is 5.49. The topological polar surface area (TPSA) is 41.6 Å². The molecule has 0 saturated heterocycles. The molecule has 4 rings (SSSR count). The first kappa shape index (κ1) is 18.7. The standard InChI is InChI=1S/C20H21FN2O2.ClH/c1-13-12-23(18-5-4-17(21)11-19(18)25-13)20(24)16-3-2-14-6-8-22-9-7-15(14)10-16;/h2-5,10-11,13,22H,6-9,12H2,1H3;1H. The number of rotatable bonds is 1. The van der Waals surface area contributed by atoms with Crippen LogP contribution in [0, 0.1) is 5.82 Å². The molecule has 26 heavy (non-hydrogen) atoms. The lowest BCUT2D eigenvalue weighted by Crippen LogP contribution is -2.42. The fourth-order valence-corrected chi connectivity index (χ4v) is 3.57. The third-order valence-electron chi connectivity index (χ3n) is 4.82. The van der Waals surface area contributed by atoms with Gasteiger partial charge >= 0.3 is 0 Å². The van der Waals surface area contributed by atoms with E-state index in [1.165, 1.54) is 23.3 Å². The molecule has 0 bridgehead atoms. The Bertz CT molecular complexity index is 827. The van der Waals surface area contributed by atoms with Crippen molar-refractivity contribution in [3.8, 4) is 5.75 Å². The van der Waals surface area contributed by atoms with Crippen LogP contribution in [0.25, 0.3) is 0 Å². The molecule has 1 atom stereocenters. The average Bonchev–Trinajstić information content (AvgIpc) is 2.84. The van der Waals surface area contributed by atoms with Gasteiger partial charge in [-0.2, -0.15) is 0 Å². The summed E-state index contributed by atoms with van der Waals surface area (Å²) < 4.78 is 19.2. The molecule has 2 aliphatic heterocycles. The zero-order valence-corrected chi connectivity index (χ0v) is 15.4. The normalized spacial score (nSPS) is 18.7. The van der Waals surface area contributed by atoms with Crippen LogP contribution in [0.4, 0.5) is 10.1 Å². The van der Waals surface area contributed by atoms with E-state index < -0.39 is 0 Å². The van der Waals surface area contributed by atoms with Crippen molar-refractivity contribution in [2.45, 2.75) is 25.9 Å². The second-order valence-corrected chi connectivity index (χ2v) is 6.69. The van der Waals surface area contributed by atoms with E-state index in [1.54, 1.807) is 11.0 Å². The Morgan fingerprint density at radius 3 is 2.73 bits per heavy atom. The SMILES string of the molecule is CC1CN(C(=O)c2ccc3c(c2)CCNCC3)c2ccc(F)cc2O1.Cl. The molecule has 4 nitrogen and oxygen atoms in total. The predicted molar refractivity (Wildman–Crippen MR) is 102 cm³/mol. The smallest absolute Gasteiger partial charge is 0.258 e. The summed E-state index contributed by atoms with van der Waals surface area (Å²) in [6, 6.07) is 10.3. The molecule has 0 spiro atoms. The van der Waals surface area contributed by atoms with Gasteiger partial charge in [0.25, 0.3) is 5.91 Å². The van der Waals surface area contributed by atoms with Crippen LogP contribution >= 0.6 is 12.4 Å². The molecular formula is C20H22ClFN2O2. The van der Waals surface area contributed by atoms with Gasteiger partial charge in [0, 0.05) is 11.6 Å². The molecule has 2 aromatic rings. The zero-order valence-electron chi connectivity index (χ0n) is 14.6. The molecule has 0 aromatic heterocycles.